The van der Waals surface area contributed by atoms with Gasteiger partial charge in [0, 0.05) is 5.56 Å². The Labute approximate surface area is 98.4 Å². The minimum Gasteiger partial charge on any atom is -0.493 e. The summed E-state index contributed by atoms with van der Waals surface area (Å²) in [5, 5.41) is 7.69. The van der Waals surface area contributed by atoms with Crippen molar-refractivity contribution in [3.8, 4) is 23.0 Å². The maximum Gasteiger partial charge on any atom is 0.247 e. The van der Waals surface area contributed by atoms with E-state index in [0.717, 1.165) is 5.56 Å². The van der Waals surface area contributed by atoms with Gasteiger partial charge in [-0.15, -0.1) is 10.2 Å². The maximum atomic E-state index is 5.40. The van der Waals surface area contributed by atoms with Gasteiger partial charge >= 0.3 is 0 Å². The largest absolute Gasteiger partial charge is 0.493 e. The van der Waals surface area contributed by atoms with Crippen molar-refractivity contribution in [3.63, 3.8) is 0 Å². The topological polar surface area (TPSA) is 83.4 Å². The molecule has 0 radical (unpaired) electrons. The van der Waals surface area contributed by atoms with Crippen LogP contribution in [0.4, 0.5) is 0 Å². The van der Waals surface area contributed by atoms with E-state index in [1.54, 1.807) is 26.4 Å². The number of rotatable bonds is 4. The number of methoxy groups -OCH3 is 2. The summed E-state index contributed by atoms with van der Waals surface area (Å²) in [6.45, 7) is 0.223. The fraction of sp³-hybridized carbons (Fsp3) is 0.273. The van der Waals surface area contributed by atoms with Gasteiger partial charge < -0.3 is 19.6 Å². The van der Waals surface area contributed by atoms with E-state index in [0.29, 0.717) is 23.3 Å². The molecule has 90 valence electrons. The molecule has 1 aromatic carbocycles. The van der Waals surface area contributed by atoms with Crippen molar-refractivity contribution < 1.29 is 13.9 Å². The molecule has 0 unspecified atom stereocenters. The van der Waals surface area contributed by atoms with Crippen molar-refractivity contribution in [1.29, 1.82) is 0 Å². The van der Waals surface area contributed by atoms with Gasteiger partial charge in [0.2, 0.25) is 11.8 Å². The van der Waals surface area contributed by atoms with E-state index in [1.165, 1.54) is 0 Å². The Morgan fingerprint density at radius 3 is 2.53 bits per heavy atom. The van der Waals surface area contributed by atoms with E-state index in [2.05, 4.69) is 10.2 Å². The van der Waals surface area contributed by atoms with E-state index in [1.807, 2.05) is 6.07 Å². The molecule has 0 spiro atoms. The summed E-state index contributed by atoms with van der Waals surface area (Å²) in [6, 6.07) is 5.36. The van der Waals surface area contributed by atoms with E-state index in [-0.39, 0.29) is 6.54 Å². The number of benzene rings is 1. The molecule has 0 atom stereocenters. The summed E-state index contributed by atoms with van der Waals surface area (Å²) < 4.78 is 15.7. The van der Waals surface area contributed by atoms with Crippen LogP contribution in [-0.4, -0.2) is 24.4 Å². The van der Waals surface area contributed by atoms with Crippen molar-refractivity contribution in [3.05, 3.63) is 24.1 Å². The summed E-state index contributed by atoms with van der Waals surface area (Å²) in [6.07, 6.45) is 0. The Morgan fingerprint density at radius 1 is 1.18 bits per heavy atom. The summed E-state index contributed by atoms with van der Waals surface area (Å²) in [7, 11) is 3.15. The lowest BCUT2D eigenvalue weighted by Crippen LogP contribution is -1.95. The smallest absolute Gasteiger partial charge is 0.247 e. The minimum absolute atomic E-state index is 0.223. The number of nitrogens with zero attached hydrogens (tertiary/aromatic N) is 2. The third-order valence-corrected chi connectivity index (χ3v) is 2.27. The Kier molecular flexibility index (Phi) is 3.24. The molecule has 0 bridgehead atoms. The molecule has 0 saturated heterocycles. The molecule has 2 rings (SSSR count). The van der Waals surface area contributed by atoms with Crippen molar-refractivity contribution in [2.75, 3.05) is 14.2 Å². The second kappa shape index (κ2) is 4.84. The first-order chi connectivity index (χ1) is 8.28. The van der Waals surface area contributed by atoms with Gasteiger partial charge in [-0.3, -0.25) is 0 Å². The Balaban J connectivity index is 2.38. The fourth-order valence-electron chi connectivity index (χ4n) is 1.42. The van der Waals surface area contributed by atoms with E-state index < -0.39 is 0 Å². The fourth-order valence-corrected chi connectivity index (χ4v) is 1.42. The third kappa shape index (κ3) is 2.21. The number of hydrogen-bond acceptors (Lipinski definition) is 6. The lowest BCUT2D eigenvalue weighted by atomic mass is 10.2. The van der Waals surface area contributed by atoms with Crippen LogP contribution in [-0.2, 0) is 6.54 Å². The predicted molar refractivity (Wildman–Crippen MR) is 60.7 cm³/mol. The monoisotopic (exact) mass is 235 g/mol. The molecule has 0 amide bonds. The molecule has 0 aliphatic carbocycles. The molecule has 1 aromatic heterocycles. The van der Waals surface area contributed by atoms with Crippen LogP contribution in [0.15, 0.2) is 22.6 Å². The summed E-state index contributed by atoms with van der Waals surface area (Å²) in [5.74, 6) is 2.06. The quantitative estimate of drug-likeness (QED) is 0.857. The van der Waals surface area contributed by atoms with Crippen LogP contribution >= 0.6 is 0 Å². The number of aromatic nitrogens is 2. The van der Waals surface area contributed by atoms with Gasteiger partial charge in [0.25, 0.3) is 0 Å². The first-order valence-electron chi connectivity index (χ1n) is 5.03. The molecule has 1 heterocycles. The van der Waals surface area contributed by atoms with Gasteiger partial charge in [-0.25, -0.2) is 0 Å². The third-order valence-electron chi connectivity index (χ3n) is 2.27. The maximum absolute atomic E-state index is 5.40. The van der Waals surface area contributed by atoms with Crippen LogP contribution in [0, 0.1) is 0 Å². The predicted octanol–water partition coefficient (Wildman–Crippen LogP) is 1.21. The van der Waals surface area contributed by atoms with Crippen molar-refractivity contribution >= 4 is 0 Å². The van der Waals surface area contributed by atoms with Gasteiger partial charge in [-0.2, -0.15) is 0 Å². The molecule has 0 fully saturated rings. The highest BCUT2D eigenvalue weighted by molar-refractivity contribution is 5.59. The van der Waals surface area contributed by atoms with Gasteiger partial charge in [0.05, 0.1) is 20.8 Å². The Morgan fingerprint density at radius 2 is 1.94 bits per heavy atom. The standard InChI is InChI=1S/C11H13N3O3/c1-15-8-4-3-7(5-9(8)16-2)11-14-13-10(6-12)17-11/h3-5H,6,12H2,1-2H3. The zero-order valence-electron chi connectivity index (χ0n) is 9.64. The molecule has 2 N–H and O–H groups in total. The molecule has 2 aromatic rings. The molecule has 0 aliphatic rings. The van der Waals surface area contributed by atoms with Crippen molar-refractivity contribution in [2.45, 2.75) is 6.54 Å². The van der Waals surface area contributed by atoms with Crippen molar-refractivity contribution in [1.82, 2.24) is 10.2 Å². The van der Waals surface area contributed by atoms with Crippen LogP contribution in [0.5, 0.6) is 11.5 Å². The SMILES string of the molecule is COc1ccc(-c2nnc(CN)o2)cc1OC. The second-order valence-corrected chi connectivity index (χ2v) is 3.27. The second-order valence-electron chi connectivity index (χ2n) is 3.27. The van der Waals surface area contributed by atoms with Crippen LogP contribution in [0.3, 0.4) is 0 Å². The number of ether oxygens (including phenoxy) is 2. The zero-order valence-corrected chi connectivity index (χ0v) is 9.64. The molecule has 17 heavy (non-hydrogen) atoms. The normalized spacial score (nSPS) is 10.3. The van der Waals surface area contributed by atoms with E-state index >= 15 is 0 Å². The van der Waals surface area contributed by atoms with Gasteiger partial charge in [-0.1, -0.05) is 0 Å². The van der Waals surface area contributed by atoms with Crippen LogP contribution in [0.2, 0.25) is 0 Å². The first kappa shape index (κ1) is 11.4. The molecule has 0 saturated carbocycles. The summed E-state index contributed by atoms with van der Waals surface area (Å²) in [4.78, 5) is 0. The average molecular weight is 235 g/mol. The molecule has 6 heteroatoms. The molecule has 6 nitrogen and oxygen atoms in total. The van der Waals surface area contributed by atoms with Crippen LogP contribution in [0.1, 0.15) is 5.89 Å². The summed E-state index contributed by atoms with van der Waals surface area (Å²) >= 11 is 0. The zero-order chi connectivity index (χ0) is 12.3. The number of hydrogen-bond donors (Lipinski definition) is 1. The van der Waals surface area contributed by atoms with E-state index in [9.17, 15) is 0 Å². The lowest BCUT2D eigenvalue weighted by Gasteiger charge is -2.07. The highest BCUT2D eigenvalue weighted by Crippen LogP contribution is 2.31. The van der Waals surface area contributed by atoms with Gasteiger partial charge in [-0.05, 0) is 18.2 Å². The summed E-state index contributed by atoms with van der Waals surface area (Å²) in [5.41, 5.74) is 6.16. The molecule has 0 aliphatic heterocycles. The first-order valence-corrected chi connectivity index (χ1v) is 5.03. The highest BCUT2D eigenvalue weighted by atomic mass is 16.5. The van der Waals surface area contributed by atoms with Gasteiger partial charge in [0.15, 0.2) is 11.5 Å². The lowest BCUT2D eigenvalue weighted by molar-refractivity contribution is 0.355. The average Bonchev–Trinajstić information content (AvgIpc) is 2.86. The molecular weight excluding hydrogens is 222 g/mol. The van der Waals surface area contributed by atoms with Crippen LogP contribution < -0.4 is 15.2 Å². The Bertz CT molecular complexity index is 510. The van der Waals surface area contributed by atoms with E-state index in [4.69, 9.17) is 19.6 Å². The highest BCUT2D eigenvalue weighted by Gasteiger charge is 2.11. The Hall–Kier alpha value is -2.08. The van der Waals surface area contributed by atoms with Gasteiger partial charge in [0.1, 0.15) is 0 Å². The number of nitrogens with two attached hydrogens (primary N) is 1. The van der Waals surface area contributed by atoms with Crippen molar-refractivity contribution in [2.24, 2.45) is 5.73 Å². The van der Waals surface area contributed by atoms with Crippen LogP contribution in [0.25, 0.3) is 11.5 Å². The minimum atomic E-state index is 0.223. The molecular formula is C11H13N3O3.